The lowest BCUT2D eigenvalue weighted by molar-refractivity contribution is -0.128. The Balaban J connectivity index is 1.58. The summed E-state index contributed by atoms with van der Waals surface area (Å²) in [6.07, 6.45) is 4.16. The van der Waals surface area contributed by atoms with E-state index in [1.54, 1.807) is 26.0 Å². The van der Waals surface area contributed by atoms with Crippen molar-refractivity contribution in [2.45, 2.75) is 26.4 Å². The number of nitrogens with zero attached hydrogens (tertiary/aromatic N) is 4. The number of ketones is 1. The third-order valence-electron chi connectivity index (χ3n) is 4.89. The topological polar surface area (TPSA) is 106 Å². The Kier molecular flexibility index (Phi) is 5.21. The number of benzene rings is 1. The predicted octanol–water partition coefficient (Wildman–Crippen LogP) is 3.46. The van der Waals surface area contributed by atoms with Gasteiger partial charge in [-0.2, -0.15) is 0 Å². The highest BCUT2D eigenvalue weighted by molar-refractivity contribution is 6.49. The number of aryl methyl sites for hydroxylation is 1. The molecule has 8 nitrogen and oxygen atoms in total. The number of carbonyl (C=O) groups excluding carboxylic acids is 2. The van der Waals surface area contributed by atoms with Crippen LogP contribution in [-0.2, 0) is 9.63 Å². The van der Waals surface area contributed by atoms with Crippen LogP contribution in [-0.4, -0.2) is 38.0 Å². The third-order valence-corrected chi connectivity index (χ3v) is 4.89. The number of aromatic nitrogens is 3. The fraction of sp³-hybridized carbons (Fsp3) is 0.182. The van der Waals surface area contributed by atoms with E-state index in [2.05, 4.69) is 25.4 Å². The summed E-state index contributed by atoms with van der Waals surface area (Å²) in [4.78, 5) is 41.6. The first-order valence-electron chi connectivity index (χ1n) is 9.52. The van der Waals surface area contributed by atoms with Gasteiger partial charge in [-0.3, -0.25) is 19.6 Å². The second-order valence-electron chi connectivity index (χ2n) is 7.62. The number of amides is 1. The molecule has 1 amide bonds. The third kappa shape index (κ3) is 3.82. The van der Waals surface area contributed by atoms with Gasteiger partial charge < -0.3 is 10.2 Å². The molecule has 1 aliphatic rings. The maximum absolute atomic E-state index is 13.7. The summed E-state index contributed by atoms with van der Waals surface area (Å²) in [5.74, 6) is -3.41. The molecule has 0 atom stereocenters. The highest BCUT2D eigenvalue weighted by Crippen LogP contribution is 2.27. The number of carbonyl (C=O) groups is 2. The summed E-state index contributed by atoms with van der Waals surface area (Å²) in [5.41, 5.74) is 1.04. The molecule has 32 heavy (non-hydrogen) atoms. The molecule has 0 fully saturated rings. The van der Waals surface area contributed by atoms with E-state index in [-0.39, 0.29) is 17.3 Å². The zero-order valence-corrected chi connectivity index (χ0v) is 17.3. The van der Waals surface area contributed by atoms with E-state index in [1.165, 1.54) is 12.4 Å². The molecule has 1 aliphatic heterocycles. The number of nitrogens with one attached hydrogen (secondary N) is 1. The summed E-state index contributed by atoms with van der Waals surface area (Å²) < 4.78 is 27.5. The molecule has 0 aliphatic carbocycles. The average molecular weight is 437 g/mol. The Labute approximate surface area is 181 Å². The van der Waals surface area contributed by atoms with Crippen LogP contribution in [0, 0.1) is 18.6 Å². The first-order valence-corrected chi connectivity index (χ1v) is 9.52. The summed E-state index contributed by atoms with van der Waals surface area (Å²) in [5, 5.41) is 6.22. The van der Waals surface area contributed by atoms with E-state index in [0.29, 0.717) is 16.8 Å². The number of pyridine rings is 1. The van der Waals surface area contributed by atoms with Crippen LogP contribution >= 0.6 is 0 Å². The molecular weight excluding hydrogens is 420 g/mol. The Hall–Kier alpha value is -4.08. The lowest BCUT2D eigenvalue weighted by Crippen LogP contribution is -2.33. The molecule has 2 aromatic heterocycles. The summed E-state index contributed by atoms with van der Waals surface area (Å²) in [7, 11) is 0. The summed E-state index contributed by atoms with van der Waals surface area (Å²) in [6, 6.07) is 5.33. The fourth-order valence-electron chi connectivity index (χ4n) is 3.10. The Bertz CT molecular complexity index is 1250. The standard InChI is InChI=1S/C22H17F2N5O3/c1-11-4-5-12(19-20(30)22(2,3)32-29-19)6-13(11)16-9-27-17(10-26-16)28-21(31)18-14(23)7-25-8-15(18)24/h4-10H,1-3H3,(H,27,28,31). The van der Waals surface area contributed by atoms with Crippen LogP contribution in [0.15, 0.2) is 48.1 Å². The molecule has 0 saturated heterocycles. The van der Waals surface area contributed by atoms with Crippen LogP contribution in [0.1, 0.15) is 35.3 Å². The van der Waals surface area contributed by atoms with Crippen molar-refractivity contribution in [2.75, 3.05) is 5.32 Å². The first kappa shape index (κ1) is 21.2. The van der Waals surface area contributed by atoms with Crippen molar-refractivity contribution in [3.63, 3.8) is 0 Å². The fourth-order valence-corrected chi connectivity index (χ4v) is 3.10. The van der Waals surface area contributed by atoms with Gasteiger partial charge in [0.2, 0.25) is 5.78 Å². The molecule has 0 unspecified atom stereocenters. The van der Waals surface area contributed by atoms with Crippen LogP contribution in [0.5, 0.6) is 0 Å². The normalized spacial score (nSPS) is 14.7. The van der Waals surface area contributed by atoms with E-state index < -0.39 is 28.7 Å². The van der Waals surface area contributed by atoms with Gasteiger partial charge in [-0.25, -0.2) is 13.8 Å². The van der Waals surface area contributed by atoms with Crippen molar-refractivity contribution in [2.24, 2.45) is 5.16 Å². The second kappa shape index (κ2) is 7.88. The maximum atomic E-state index is 13.7. The number of rotatable bonds is 4. The largest absolute Gasteiger partial charge is 0.381 e. The highest BCUT2D eigenvalue weighted by Gasteiger charge is 2.40. The number of hydrogen-bond acceptors (Lipinski definition) is 7. The van der Waals surface area contributed by atoms with Crippen molar-refractivity contribution in [3.8, 4) is 11.3 Å². The molecule has 10 heteroatoms. The van der Waals surface area contributed by atoms with Gasteiger partial charge in [-0.1, -0.05) is 17.3 Å². The molecule has 0 bridgehead atoms. The molecular formula is C22H17F2N5O3. The predicted molar refractivity (Wildman–Crippen MR) is 111 cm³/mol. The van der Waals surface area contributed by atoms with Crippen molar-refractivity contribution in [1.82, 2.24) is 15.0 Å². The van der Waals surface area contributed by atoms with E-state index >= 15 is 0 Å². The van der Waals surface area contributed by atoms with E-state index in [4.69, 9.17) is 4.84 Å². The van der Waals surface area contributed by atoms with Crippen molar-refractivity contribution in [3.05, 3.63) is 71.3 Å². The van der Waals surface area contributed by atoms with Gasteiger partial charge in [0.25, 0.3) is 5.91 Å². The maximum Gasteiger partial charge on any atom is 0.262 e. The monoisotopic (exact) mass is 437 g/mol. The van der Waals surface area contributed by atoms with Crippen molar-refractivity contribution < 1.29 is 23.2 Å². The molecule has 3 heterocycles. The van der Waals surface area contributed by atoms with Gasteiger partial charge in [0.1, 0.15) is 5.56 Å². The van der Waals surface area contributed by atoms with Crippen LogP contribution in [0.4, 0.5) is 14.6 Å². The number of halogens is 2. The SMILES string of the molecule is Cc1ccc(C2=NOC(C)(C)C2=O)cc1-c1cnc(NC(=O)c2c(F)cncc2F)cn1. The highest BCUT2D eigenvalue weighted by atomic mass is 19.1. The van der Waals surface area contributed by atoms with Gasteiger partial charge in [-0.05, 0) is 32.4 Å². The van der Waals surface area contributed by atoms with Gasteiger partial charge in [-0.15, -0.1) is 0 Å². The summed E-state index contributed by atoms with van der Waals surface area (Å²) >= 11 is 0. The Morgan fingerprint density at radius 3 is 2.38 bits per heavy atom. The molecule has 0 radical (unpaired) electrons. The van der Waals surface area contributed by atoms with Gasteiger partial charge in [0.15, 0.2) is 28.8 Å². The Morgan fingerprint density at radius 2 is 1.78 bits per heavy atom. The molecule has 162 valence electrons. The molecule has 0 saturated carbocycles. The van der Waals surface area contributed by atoms with Gasteiger partial charge in [0, 0.05) is 11.1 Å². The number of Topliss-reactive ketones (excluding diaryl/α,β-unsaturated/α-hetero) is 1. The zero-order chi connectivity index (χ0) is 23.0. The molecule has 4 rings (SSSR count). The van der Waals surface area contributed by atoms with Crippen LogP contribution in [0.3, 0.4) is 0 Å². The second-order valence-corrected chi connectivity index (χ2v) is 7.62. The van der Waals surface area contributed by atoms with Crippen LogP contribution < -0.4 is 5.32 Å². The Morgan fingerprint density at radius 1 is 1.06 bits per heavy atom. The lowest BCUT2D eigenvalue weighted by atomic mass is 9.93. The van der Waals surface area contributed by atoms with Crippen molar-refractivity contribution >= 4 is 23.2 Å². The average Bonchev–Trinajstić information content (AvgIpc) is 3.02. The van der Waals surface area contributed by atoms with Crippen LogP contribution in [0.25, 0.3) is 11.3 Å². The molecule has 1 aromatic carbocycles. The molecule has 1 N–H and O–H groups in total. The van der Waals surface area contributed by atoms with Gasteiger partial charge >= 0.3 is 0 Å². The minimum Gasteiger partial charge on any atom is -0.381 e. The number of hydrogen-bond donors (Lipinski definition) is 1. The van der Waals surface area contributed by atoms with Crippen LogP contribution in [0.2, 0.25) is 0 Å². The smallest absolute Gasteiger partial charge is 0.262 e. The van der Waals surface area contributed by atoms with E-state index in [1.807, 2.05) is 13.0 Å². The van der Waals surface area contributed by atoms with Gasteiger partial charge in [0.05, 0.1) is 30.5 Å². The minimum atomic E-state index is -1.09. The lowest BCUT2D eigenvalue weighted by Gasteiger charge is -2.12. The quantitative estimate of drug-likeness (QED) is 0.670. The summed E-state index contributed by atoms with van der Waals surface area (Å²) in [6.45, 7) is 5.15. The molecule has 0 spiro atoms. The van der Waals surface area contributed by atoms with E-state index in [9.17, 15) is 18.4 Å². The number of oxime groups is 1. The first-order chi connectivity index (χ1) is 15.2. The number of anilines is 1. The minimum absolute atomic E-state index is 0.00802. The van der Waals surface area contributed by atoms with E-state index in [0.717, 1.165) is 18.0 Å². The molecule has 3 aromatic rings. The zero-order valence-electron chi connectivity index (χ0n) is 17.3. The van der Waals surface area contributed by atoms with Crippen molar-refractivity contribution in [1.29, 1.82) is 0 Å².